The first-order valence-corrected chi connectivity index (χ1v) is 12.4. The molecular weight excluding hydrogens is 536 g/mol. The third-order valence-electron chi connectivity index (χ3n) is 4.15. The molecule has 230 valence electrons. The lowest BCUT2D eigenvalue weighted by Crippen LogP contribution is -2.48. The molecule has 0 aliphatic carbocycles. The van der Waals surface area contributed by atoms with Crippen molar-refractivity contribution in [3.05, 3.63) is 0 Å². The molecule has 0 radical (unpaired) electrons. The summed E-state index contributed by atoms with van der Waals surface area (Å²) in [5, 5.41) is 4.83. The zero-order chi connectivity index (χ0) is 30.9. The van der Waals surface area contributed by atoms with E-state index >= 15 is 0 Å². The predicted molar refractivity (Wildman–Crippen MR) is 138 cm³/mol. The number of alkyl carbamates (subject to hydrolysis) is 2. The number of hydrogen-bond acceptors (Lipinski definition) is 12. The molecule has 0 heterocycles. The second-order valence-electron chi connectivity index (χ2n) is 10.2. The smallest absolute Gasteiger partial charge is 0.410 e. The molecule has 16 heteroatoms. The minimum Gasteiger partial charge on any atom is -0.444 e. The van der Waals surface area contributed by atoms with Crippen LogP contribution >= 0.6 is 0 Å². The van der Waals surface area contributed by atoms with Gasteiger partial charge in [0.1, 0.15) is 11.2 Å². The molecule has 0 aliphatic rings. The van der Waals surface area contributed by atoms with Crippen LogP contribution in [-0.2, 0) is 38.0 Å². The molecule has 0 bridgehead atoms. The van der Waals surface area contributed by atoms with Crippen molar-refractivity contribution in [2.45, 2.75) is 66.6 Å². The van der Waals surface area contributed by atoms with Gasteiger partial charge in [0, 0.05) is 53.1 Å². The van der Waals surface area contributed by atoms with E-state index in [1.165, 1.54) is 9.80 Å². The number of carbonyl (C=O) groups is 6. The van der Waals surface area contributed by atoms with E-state index in [1.807, 2.05) is 0 Å². The molecule has 40 heavy (non-hydrogen) atoms. The maximum atomic E-state index is 12.8. The summed E-state index contributed by atoms with van der Waals surface area (Å²) in [6, 6.07) is 0. The van der Waals surface area contributed by atoms with Crippen LogP contribution in [0.2, 0.25) is 0 Å². The molecule has 0 aromatic heterocycles. The molecule has 0 rings (SSSR count). The number of carbonyl (C=O) groups excluding carboxylic acids is 6. The van der Waals surface area contributed by atoms with Crippen molar-refractivity contribution in [1.29, 1.82) is 0 Å². The van der Waals surface area contributed by atoms with Crippen LogP contribution in [-0.4, -0.2) is 110 Å². The topological polar surface area (TPSA) is 188 Å². The number of ether oxygens (including phenoxy) is 6. The monoisotopic (exact) mass is 578 g/mol. The maximum Gasteiger partial charge on any atom is 0.410 e. The zero-order valence-corrected chi connectivity index (χ0v) is 24.5. The Morgan fingerprint density at radius 2 is 0.875 bits per heavy atom. The number of nitrogens with zero attached hydrogens (tertiary/aromatic N) is 2. The Kier molecular flexibility index (Phi) is 15.8. The molecule has 0 fully saturated rings. The SMILES string of the molecule is CC(=O)OCOC(=O)NCCN(CCN(CCNC(=O)OCOC(C)=O)C(=O)OC(C)(C)C)C(=O)OC(C)(C)C. The summed E-state index contributed by atoms with van der Waals surface area (Å²) in [7, 11) is 0. The van der Waals surface area contributed by atoms with Crippen molar-refractivity contribution in [3.8, 4) is 0 Å². The summed E-state index contributed by atoms with van der Waals surface area (Å²) in [5.41, 5.74) is -1.63. The number of esters is 2. The lowest BCUT2D eigenvalue weighted by atomic mass is 10.2. The highest BCUT2D eigenvalue weighted by Crippen LogP contribution is 2.12. The molecule has 2 N–H and O–H groups in total. The highest BCUT2D eigenvalue weighted by atomic mass is 16.7. The van der Waals surface area contributed by atoms with E-state index in [4.69, 9.17) is 9.47 Å². The van der Waals surface area contributed by atoms with E-state index < -0.39 is 61.1 Å². The number of nitrogens with one attached hydrogen (secondary N) is 2. The molecule has 0 aliphatic heterocycles. The number of hydrogen-bond donors (Lipinski definition) is 2. The second-order valence-corrected chi connectivity index (χ2v) is 10.2. The Balaban J connectivity index is 5.23. The first kappa shape index (κ1) is 36.0. The number of amides is 4. The van der Waals surface area contributed by atoms with Crippen LogP contribution in [0.1, 0.15) is 55.4 Å². The quantitative estimate of drug-likeness (QED) is 0.184. The van der Waals surface area contributed by atoms with E-state index in [1.54, 1.807) is 41.5 Å². The van der Waals surface area contributed by atoms with Crippen molar-refractivity contribution in [2.75, 3.05) is 52.9 Å². The van der Waals surface area contributed by atoms with Gasteiger partial charge in [-0.05, 0) is 41.5 Å². The molecule has 0 unspecified atom stereocenters. The fourth-order valence-corrected chi connectivity index (χ4v) is 2.50. The van der Waals surface area contributed by atoms with Crippen molar-refractivity contribution in [2.24, 2.45) is 0 Å². The van der Waals surface area contributed by atoms with Gasteiger partial charge in [0.05, 0.1) is 0 Å². The van der Waals surface area contributed by atoms with Gasteiger partial charge in [0.2, 0.25) is 13.6 Å². The standard InChI is InChI=1S/C24H42N4O12/c1-17(29)35-15-37-19(31)25-9-11-27(21(33)39-23(3,4)5)13-14-28(22(34)40-24(6,7)8)12-10-26-20(32)38-16-36-18(2)30/h9-16H2,1-8H3,(H,25,31)(H,26,32). The Morgan fingerprint density at radius 3 is 1.15 bits per heavy atom. The predicted octanol–water partition coefficient (Wildman–Crippen LogP) is 1.95. The fourth-order valence-electron chi connectivity index (χ4n) is 2.50. The van der Waals surface area contributed by atoms with E-state index in [-0.39, 0.29) is 39.3 Å². The van der Waals surface area contributed by atoms with Gasteiger partial charge in [-0.2, -0.15) is 0 Å². The first-order valence-electron chi connectivity index (χ1n) is 12.4. The van der Waals surface area contributed by atoms with Gasteiger partial charge in [-0.25, -0.2) is 19.2 Å². The number of rotatable bonds is 13. The van der Waals surface area contributed by atoms with E-state index in [0.717, 1.165) is 13.8 Å². The molecule has 0 atom stereocenters. The molecule has 0 saturated heterocycles. The summed E-state index contributed by atoms with van der Waals surface area (Å²) in [4.78, 5) is 73.2. The maximum absolute atomic E-state index is 12.8. The summed E-state index contributed by atoms with van der Waals surface area (Å²) in [5.74, 6) is -1.24. The Hall–Kier alpha value is -3.98. The molecule has 0 aromatic rings. The average Bonchev–Trinajstić information content (AvgIpc) is 2.76. The van der Waals surface area contributed by atoms with Crippen LogP contribution in [0.4, 0.5) is 19.2 Å². The van der Waals surface area contributed by atoms with Crippen LogP contribution in [0.3, 0.4) is 0 Å². The molecule has 0 aromatic carbocycles. The fraction of sp³-hybridized carbons (Fsp3) is 0.750. The largest absolute Gasteiger partial charge is 0.444 e. The summed E-state index contributed by atoms with van der Waals surface area (Å²) in [6.07, 6.45) is -3.13. The van der Waals surface area contributed by atoms with Crippen LogP contribution in [0.5, 0.6) is 0 Å². The highest BCUT2D eigenvalue weighted by Gasteiger charge is 2.26. The van der Waals surface area contributed by atoms with Crippen LogP contribution in [0, 0.1) is 0 Å². The molecule has 4 amide bonds. The average molecular weight is 579 g/mol. The lowest BCUT2D eigenvalue weighted by Gasteiger charge is -2.31. The third-order valence-corrected chi connectivity index (χ3v) is 4.15. The van der Waals surface area contributed by atoms with Crippen LogP contribution in [0.25, 0.3) is 0 Å². The van der Waals surface area contributed by atoms with Gasteiger partial charge in [0.15, 0.2) is 0 Å². The molecule has 0 spiro atoms. The minimum absolute atomic E-state index is 0.0134. The Bertz CT molecular complexity index is 797. The Morgan fingerprint density at radius 1 is 0.550 bits per heavy atom. The summed E-state index contributed by atoms with van der Waals surface area (Å²) in [6.45, 7) is 11.2. The van der Waals surface area contributed by atoms with Gasteiger partial charge in [-0.15, -0.1) is 0 Å². The minimum atomic E-state index is -0.868. The summed E-state index contributed by atoms with van der Waals surface area (Å²) >= 11 is 0. The van der Waals surface area contributed by atoms with Crippen molar-refractivity contribution >= 4 is 36.3 Å². The van der Waals surface area contributed by atoms with Crippen molar-refractivity contribution < 1.29 is 57.2 Å². The van der Waals surface area contributed by atoms with Gasteiger partial charge < -0.3 is 48.9 Å². The van der Waals surface area contributed by atoms with E-state index in [2.05, 4.69) is 29.6 Å². The first-order chi connectivity index (χ1) is 18.4. The Labute approximate surface area is 233 Å². The molecule has 16 nitrogen and oxygen atoms in total. The zero-order valence-electron chi connectivity index (χ0n) is 24.5. The van der Waals surface area contributed by atoms with Crippen LogP contribution < -0.4 is 10.6 Å². The van der Waals surface area contributed by atoms with Gasteiger partial charge in [0.25, 0.3) is 0 Å². The van der Waals surface area contributed by atoms with E-state index in [9.17, 15) is 28.8 Å². The molecule has 0 saturated carbocycles. The van der Waals surface area contributed by atoms with Crippen molar-refractivity contribution in [1.82, 2.24) is 20.4 Å². The lowest BCUT2D eigenvalue weighted by molar-refractivity contribution is -0.150. The third kappa shape index (κ3) is 20.0. The normalized spacial score (nSPS) is 10.9. The van der Waals surface area contributed by atoms with E-state index in [0.29, 0.717) is 0 Å². The second kappa shape index (κ2) is 17.6. The molecular formula is C24H42N4O12. The highest BCUT2D eigenvalue weighted by molar-refractivity contribution is 5.71. The van der Waals surface area contributed by atoms with Gasteiger partial charge in [-0.1, -0.05) is 0 Å². The van der Waals surface area contributed by atoms with Crippen molar-refractivity contribution in [3.63, 3.8) is 0 Å². The van der Waals surface area contributed by atoms with Crippen LogP contribution in [0.15, 0.2) is 0 Å². The van der Waals surface area contributed by atoms with Gasteiger partial charge in [-0.3, -0.25) is 9.59 Å². The summed E-state index contributed by atoms with van der Waals surface area (Å²) < 4.78 is 29.3. The van der Waals surface area contributed by atoms with Gasteiger partial charge >= 0.3 is 36.3 Å².